The second-order valence-electron chi connectivity index (χ2n) is 5.54. The molecule has 0 saturated carbocycles. The van der Waals surface area contributed by atoms with Crippen LogP contribution in [0.5, 0.6) is 5.75 Å². The quantitative estimate of drug-likeness (QED) is 0.837. The maximum Gasteiger partial charge on any atom is 0.246 e. The summed E-state index contributed by atoms with van der Waals surface area (Å²) in [6.45, 7) is 1.42. The van der Waals surface area contributed by atoms with Gasteiger partial charge in [-0.25, -0.2) is 8.42 Å². The van der Waals surface area contributed by atoms with Crippen molar-refractivity contribution in [3.05, 3.63) is 59.1 Å². The summed E-state index contributed by atoms with van der Waals surface area (Å²) in [5, 5.41) is -1.64. The van der Waals surface area contributed by atoms with E-state index in [0.717, 1.165) is 0 Å². The molecule has 0 aliphatic carbocycles. The van der Waals surface area contributed by atoms with Crippen LogP contribution in [0.1, 0.15) is 17.9 Å². The molecule has 2 atom stereocenters. The van der Waals surface area contributed by atoms with Crippen LogP contribution in [0.4, 0.5) is 5.69 Å². The average Bonchev–Trinajstić information content (AvgIpc) is 2.76. The van der Waals surface area contributed by atoms with E-state index in [-0.39, 0.29) is 0 Å². The Hall–Kier alpha value is -2.05. The van der Waals surface area contributed by atoms with Gasteiger partial charge in [-0.05, 0) is 48.9 Å². The number of rotatable bonds is 3. The molecule has 2 aromatic carbocycles. The van der Waals surface area contributed by atoms with Crippen LogP contribution in [0.3, 0.4) is 0 Å². The van der Waals surface area contributed by atoms with E-state index < -0.39 is 26.4 Å². The van der Waals surface area contributed by atoms with Gasteiger partial charge in [-0.15, -0.1) is 0 Å². The van der Waals surface area contributed by atoms with Crippen molar-refractivity contribution in [2.24, 2.45) is 0 Å². The number of hydrogen-bond donors (Lipinski definition) is 0. The van der Waals surface area contributed by atoms with E-state index in [1.54, 1.807) is 48.5 Å². The maximum atomic E-state index is 12.8. The predicted molar refractivity (Wildman–Crippen MR) is 93.1 cm³/mol. The lowest BCUT2D eigenvalue weighted by atomic mass is 10.1. The second kappa shape index (κ2) is 6.11. The highest BCUT2D eigenvalue weighted by molar-refractivity contribution is 7.93. The third kappa shape index (κ3) is 2.65. The molecule has 1 heterocycles. The number of benzene rings is 2. The molecular weight excluding hydrogens is 350 g/mol. The smallest absolute Gasteiger partial charge is 0.246 e. The Labute approximate surface area is 145 Å². The number of ether oxygens (including phenoxy) is 1. The fourth-order valence-corrected chi connectivity index (χ4v) is 4.73. The van der Waals surface area contributed by atoms with Crippen molar-refractivity contribution in [1.29, 1.82) is 0 Å². The second-order valence-corrected chi connectivity index (χ2v) is 8.31. The Morgan fingerprint density at radius 1 is 1.04 bits per heavy atom. The van der Waals surface area contributed by atoms with Gasteiger partial charge in [-0.1, -0.05) is 23.7 Å². The highest BCUT2D eigenvalue weighted by Gasteiger charge is 2.51. The van der Waals surface area contributed by atoms with Gasteiger partial charge in [0.15, 0.2) is 15.2 Å². The number of hydrogen-bond acceptors (Lipinski definition) is 4. The van der Waals surface area contributed by atoms with Crippen molar-refractivity contribution in [2.75, 3.05) is 12.0 Å². The molecule has 1 aliphatic rings. The van der Waals surface area contributed by atoms with Gasteiger partial charge >= 0.3 is 0 Å². The van der Waals surface area contributed by atoms with Gasteiger partial charge in [0, 0.05) is 10.7 Å². The van der Waals surface area contributed by atoms with Crippen molar-refractivity contribution in [2.45, 2.75) is 17.5 Å². The average molecular weight is 366 g/mol. The van der Waals surface area contributed by atoms with Gasteiger partial charge in [-0.2, -0.15) is 0 Å². The monoisotopic (exact) mass is 365 g/mol. The Balaban J connectivity index is 2.13. The summed E-state index contributed by atoms with van der Waals surface area (Å²) in [6, 6.07) is 13.2. The first-order valence-corrected chi connectivity index (χ1v) is 9.30. The van der Waals surface area contributed by atoms with E-state index in [0.29, 0.717) is 22.0 Å². The molecule has 1 aliphatic heterocycles. The molecule has 24 heavy (non-hydrogen) atoms. The molecule has 0 N–H and O–H groups in total. The first-order valence-electron chi connectivity index (χ1n) is 7.31. The van der Waals surface area contributed by atoms with Crippen LogP contribution in [0.2, 0.25) is 5.02 Å². The van der Waals surface area contributed by atoms with Crippen molar-refractivity contribution >= 4 is 33.0 Å². The zero-order chi connectivity index (χ0) is 17.5. The summed E-state index contributed by atoms with van der Waals surface area (Å²) in [5.41, 5.74) is 1.02. The molecule has 3 rings (SSSR count). The number of nitrogens with zero attached hydrogens (tertiary/aromatic N) is 1. The molecular formula is C17H16ClNO4S. The number of methoxy groups -OCH3 is 1. The van der Waals surface area contributed by atoms with Gasteiger partial charge in [0.1, 0.15) is 11.0 Å². The van der Waals surface area contributed by atoms with E-state index in [4.69, 9.17) is 16.3 Å². The Morgan fingerprint density at radius 2 is 1.62 bits per heavy atom. The van der Waals surface area contributed by atoms with E-state index >= 15 is 0 Å². The zero-order valence-corrected chi connectivity index (χ0v) is 14.7. The van der Waals surface area contributed by atoms with Gasteiger partial charge in [-0.3, -0.25) is 9.69 Å². The lowest BCUT2D eigenvalue weighted by Gasteiger charge is -2.24. The normalized spacial score (nSPS) is 22.6. The molecule has 126 valence electrons. The third-order valence-electron chi connectivity index (χ3n) is 4.13. The lowest BCUT2D eigenvalue weighted by Crippen LogP contribution is -2.30. The highest BCUT2D eigenvalue weighted by atomic mass is 35.5. The fourth-order valence-electron chi connectivity index (χ4n) is 2.76. The summed E-state index contributed by atoms with van der Waals surface area (Å²) in [6.07, 6.45) is 0. The van der Waals surface area contributed by atoms with Gasteiger partial charge in [0.05, 0.1) is 7.11 Å². The third-order valence-corrected chi connectivity index (χ3v) is 6.67. The van der Waals surface area contributed by atoms with E-state index in [2.05, 4.69) is 0 Å². The Kier molecular flexibility index (Phi) is 4.27. The molecule has 0 spiro atoms. The van der Waals surface area contributed by atoms with Gasteiger partial charge in [0.25, 0.3) is 0 Å². The van der Waals surface area contributed by atoms with Crippen LogP contribution in [-0.4, -0.2) is 26.7 Å². The van der Waals surface area contributed by atoms with Crippen LogP contribution >= 0.6 is 11.6 Å². The molecule has 2 aromatic rings. The standard InChI is InChI=1S/C17H16ClNO4S/c1-11-16(20)19(14-7-5-13(18)6-8-14)17(24(11,21)22)12-3-9-15(23-2)10-4-12/h3-11,17H,1-2H3. The number of anilines is 1. The van der Waals surface area contributed by atoms with E-state index in [1.165, 1.54) is 18.9 Å². The number of halogens is 1. The summed E-state index contributed by atoms with van der Waals surface area (Å²) in [4.78, 5) is 13.9. The fraction of sp³-hybridized carbons (Fsp3) is 0.235. The minimum atomic E-state index is -3.69. The first-order chi connectivity index (χ1) is 11.4. The van der Waals surface area contributed by atoms with Gasteiger partial charge < -0.3 is 4.74 Å². The van der Waals surface area contributed by atoms with Crippen molar-refractivity contribution in [3.8, 4) is 5.75 Å². The Morgan fingerprint density at radius 3 is 2.17 bits per heavy atom. The largest absolute Gasteiger partial charge is 0.497 e. The summed E-state index contributed by atoms with van der Waals surface area (Å²) in [5.74, 6) is 0.171. The van der Waals surface area contributed by atoms with Crippen LogP contribution in [-0.2, 0) is 14.6 Å². The lowest BCUT2D eigenvalue weighted by molar-refractivity contribution is -0.117. The number of carbonyl (C=O) groups is 1. The topological polar surface area (TPSA) is 63.7 Å². The zero-order valence-electron chi connectivity index (χ0n) is 13.1. The molecule has 1 fully saturated rings. The minimum Gasteiger partial charge on any atom is -0.497 e. The molecule has 1 saturated heterocycles. The molecule has 0 bridgehead atoms. The van der Waals surface area contributed by atoms with Crippen LogP contribution in [0, 0.1) is 0 Å². The highest BCUT2D eigenvalue weighted by Crippen LogP contribution is 2.41. The summed E-state index contributed by atoms with van der Waals surface area (Å²) in [7, 11) is -2.16. The van der Waals surface area contributed by atoms with Crippen molar-refractivity contribution < 1.29 is 17.9 Å². The van der Waals surface area contributed by atoms with Crippen molar-refractivity contribution in [3.63, 3.8) is 0 Å². The van der Waals surface area contributed by atoms with E-state index in [1.807, 2.05) is 0 Å². The molecule has 5 nitrogen and oxygen atoms in total. The van der Waals surface area contributed by atoms with Crippen LogP contribution in [0.15, 0.2) is 48.5 Å². The molecule has 2 unspecified atom stereocenters. The maximum absolute atomic E-state index is 12.8. The van der Waals surface area contributed by atoms with Crippen LogP contribution in [0.25, 0.3) is 0 Å². The SMILES string of the molecule is COc1ccc(C2N(c3ccc(Cl)cc3)C(=O)C(C)S2(=O)=O)cc1. The number of carbonyl (C=O) groups excluding carboxylic acids is 1. The minimum absolute atomic E-state index is 0.446. The van der Waals surface area contributed by atoms with Crippen LogP contribution < -0.4 is 9.64 Å². The number of amides is 1. The predicted octanol–water partition coefficient (Wildman–Crippen LogP) is 3.20. The molecule has 7 heteroatoms. The Bertz CT molecular complexity index is 862. The van der Waals surface area contributed by atoms with E-state index in [9.17, 15) is 13.2 Å². The molecule has 0 aromatic heterocycles. The molecule has 0 radical (unpaired) electrons. The number of sulfone groups is 1. The van der Waals surface area contributed by atoms with Gasteiger partial charge in [0.2, 0.25) is 5.91 Å². The molecule has 1 amide bonds. The van der Waals surface area contributed by atoms with Crippen molar-refractivity contribution in [1.82, 2.24) is 0 Å². The summed E-state index contributed by atoms with van der Waals surface area (Å²) >= 11 is 5.89. The summed E-state index contributed by atoms with van der Waals surface area (Å²) < 4.78 is 30.7. The first kappa shape index (κ1) is 16.8.